The topological polar surface area (TPSA) is 38.3 Å². The maximum atomic E-state index is 12.0. The van der Waals surface area contributed by atoms with Gasteiger partial charge >= 0.3 is 0 Å². The number of nitrogens with one attached hydrogen (secondary N) is 1. The molecule has 1 fully saturated rings. The minimum absolute atomic E-state index is 0.254. The molecule has 17 heavy (non-hydrogen) atoms. The summed E-state index contributed by atoms with van der Waals surface area (Å²) in [6, 6.07) is 0.419. The molecule has 0 bridgehead atoms. The van der Waals surface area contributed by atoms with Crippen molar-refractivity contribution < 1.29 is 8.95 Å². The summed E-state index contributed by atoms with van der Waals surface area (Å²) in [6.45, 7) is 6.24. The minimum Gasteiger partial charge on any atom is -0.377 e. The molecule has 1 N–H and O–H groups in total. The summed E-state index contributed by atoms with van der Waals surface area (Å²) in [6.07, 6.45) is 5.89. The average molecular weight is 261 g/mol. The van der Waals surface area contributed by atoms with Gasteiger partial charge in [0, 0.05) is 35.0 Å². The molecule has 1 rings (SSSR count). The molecular weight excluding hydrogens is 234 g/mol. The zero-order chi connectivity index (χ0) is 12.5. The number of rotatable bonds is 9. The lowest BCUT2D eigenvalue weighted by Gasteiger charge is -2.18. The van der Waals surface area contributed by atoms with Crippen LogP contribution in [0.1, 0.15) is 46.0 Å². The number of ether oxygens (including phenoxy) is 1. The SMILES string of the molecule is CCCNC(CCC)CS(=O)CC1CCCO1. The Labute approximate surface area is 108 Å². The molecule has 4 heteroatoms. The maximum Gasteiger partial charge on any atom is 0.0691 e. The Morgan fingerprint density at radius 3 is 2.82 bits per heavy atom. The van der Waals surface area contributed by atoms with Gasteiger partial charge < -0.3 is 10.1 Å². The molecule has 1 saturated heterocycles. The Bertz CT molecular complexity index is 217. The van der Waals surface area contributed by atoms with Crippen LogP contribution in [0.5, 0.6) is 0 Å². The normalized spacial score (nSPS) is 23.8. The Morgan fingerprint density at radius 2 is 2.24 bits per heavy atom. The largest absolute Gasteiger partial charge is 0.377 e. The molecule has 3 unspecified atom stereocenters. The summed E-state index contributed by atoms with van der Waals surface area (Å²) in [4.78, 5) is 0. The first kappa shape index (κ1) is 15.1. The van der Waals surface area contributed by atoms with Crippen molar-refractivity contribution in [2.45, 2.75) is 58.1 Å². The molecule has 1 heterocycles. The molecule has 0 spiro atoms. The first-order chi connectivity index (χ1) is 8.26. The minimum atomic E-state index is -0.732. The number of hydrogen-bond acceptors (Lipinski definition) is 3. The van der Waals surface area contributed by atoms with Crippen LogP contribution in [0.15, 0.2) is 0 Å². The van der Waals surface area contributed by atoms with Gasteiger partial charge in [-0.2, -0.15) is 0 Å². The van der Waals surface area contributed by atoms with Gasteiger partial charge in [0.2, 0.25) is 0 Å². The van der Waals surface area contributed by atoms with Crippen LogP contribution in [-0.4, -0.2) is 41.0 Å². The van der Waals surface area contributed by atoms with Crippen molar-refractivity contribution >= 4 is 10.8 Å². The molecule has 1 aliphatic heterocycles. The van der Waals surface area contributed by atoms with E-state index >= 15 is 0 Å². The summed E-state index contributed by atoms with van der Waals surface area (Å²) in [5.41, 5.74) is 0. The van der Waals surface area contributed by atoms with Crippen LogP contribution >= 0.6 is 0 Å². The van der Waals surface area contributed by atoms with Crippen molar-refractivity contribution in [2.75, 3.05) is 24.7 Å². The highest BCUT2D eigenvalue weighted by Crippen LogP contribution is 2.13. The van der Waals surface area contributed by atoms with Gasteiger partial charge in [0.05, 0.1) is 6.10 Å². The van der Waals surface area contributed by atoms with E-state index in [2.05, 4.69) is 19.2 Å². The Balaban J connectivity index is 2.23. The molecule has 0 aromatic rings. The van der Waals surface area contributed by atoms with Crippen molar-refractivity contribution in [3.05, 3.63) is 0 Å². The van der Waals surface area contributed by atoms with Crippen LogP contribution < -0.4 is 5.32 Å². The molecule has 0 amide bonds. The maximum absolute atomic E-state index is 12.0. The van der Waals surface area contributed by atoms with Gasteiger partial charge in [-0.1, -0.05) is 20.3 Å². The summed E-state index contributed by atoms with van der Waals surface area (Å²) in [7, 11) is -0.732. The highest BCUT2D eigenvalue weighted by molar-refractivity contribution is 7.85. The van der Waals surface area contributed by atoms with Crippen LogP contribution in [0.3, 0.4) is 0 Å². The van der Waals surface area contributed by atoms with Crippen molar-refractivity contribution in [1.29, 1.82) is 0 Å². The second-order valence-corrected chi connectivity index (χ2v) is 6.39. The standard InChI is InChI=1S/C13H27NO2S/c1-3-6-12(14-8-4-2)10-17(15)11-13-7-5-9-16-13/h12-14H,3-11H2,1-2H3. The molecule has 102 valence electrons. The van der Waals surface area contributed by atoms with Crippen LogP contribution in [0.4, 0.5) is 0 Å². The fraction of sp³-hybridized carbons (Fsp3) is 1.00. The second kappa shape index (κ2) is 9.06. The van der Waals surface area contributed by atoms with Gasteiger partial charge in [0.25, 0.3) is 0 Å². The lowest BCUT2D eigenvalue weighted by Crippen LogP contribution is -2.36. The second-order valence-electron chi connectivity index (χ2n) is 4.85. The lowest BCUT2D eigenvalue weighted by atomic mass is 10.2. The van der Waals surface area contributed by atoms with E-state index in [1.807, 2.05) is 0 Å². The van der Waals surface area contributed by atoms with Crippen molar-refractivity contribution in [2.24, 2.45) is 0 Å². The van der Waals surface area contributed by atoms with Gasteiger partial charge in [-0.15, -0.1) is 0 Å². The summed E-state index contributed by atoms with van der Waals surface area (Å²) < 4.78 is 17.6. The Hall–Kier alpha value is 0.0700. The van der Waals surface area contributed by atoms with Gasteiger partial charge in [0.1, 0.15) is 0 Å². The summed E-state index contributed by atoms with van der Waals surface area (Å²) >= 11 is 0. The van der Waals surface area contributed by atoms with Crippen LogP contribution in [0.2, 0.25) is 0 Å². The predicted octanol–water partition coefficient (Wildman–Crippen LogP) is 2.08. The molecule has 3 atom stereocenters. The highest BCUT2D eigenvalue weighted by atomic mass is 32.2. The smallest absolute Gasteiger partial charge is 0.0691 e. The van der Waals surface area contributed by atoms with E-state index in [0.29, 0.717) is 6.04 Å². The molecule has 0 aromatic heterocycles. The van der Waals surface area contributed by atoms with Gasteiger partial charge in [-0.05, 0) is 32.2 Å². The molecule has 3 nitrogen and oxygen atoms in total. The first-order valence-electron chi connectivity index (χ1n) is 6.96. The monoisotopic (exact) mass is 261 g/mol. The molecule has 0 aliphatic carbocycles. The van der Waals surface area contributed by atoms with E-state index in [-0.39, 0.29) is 6.10 Å². The van der Waals surface area contributed by atoms with E-state index < -0.39 is 10.8 Å². The van der Waals surface area contributed by atoms with Crippen molar-refractivity contribution in [3.8, 4) is 0 Å². The fourth-order valence-electron chi connectivity index (χ4n) is 2.22. The zero-order valence-corrected chi connectivity index (χ0v) is 12.1. The van der Waals surface area contributed by atoms with Gasteiger partial charge in [0.15, 0.2) is 0 Å². The van der Waals surface area contributed by atoms with Crippen LogP contribution in [0.25, 0.3) is 0 Å². The highest BCUT2D eigenvalue weighted by Gasteiger charge is 2.20. The molecule has 1 aliphatic rings. The third-order valence-electron chi connectivity index (χ3n) is 3.10. The summed E-state index contributed by atoms with van der Waals surface area (Å²) in [5, 5.41) is 3.49. The van der Waals surface area contributed by atoms with E-state index in [1.54, 1.807) is 0 Å². The molecular formula is C13H27NO2S. The quantitative estimate of drug-likeness (QED) is 0.690. The Morgan fingerprint density at radius 1 is 1.41 bits per heavy atom. The third-order valence-corrected chi connectivity index (χ3v) is 4.62. The first-order valence-corrected chi connectivity index (χ1v) is 8.45. The summed E-state index contributed by atoms with van der Waals surface area (Å²) in [5.74, 6) is 1.52. The predicted molar refractivity (Wildman–Crippen MR) is 73.8 cm³/mol. The fourth-order valence-corrected chi connectivity index (χ4v) is 3.76. The van der Waals surface area contributed by atoms with Crippen molar-refractivity contribution in [1.82, 2.24) is 5.32 Å². The van der Waals surface area contributed by atoms with E-state index in [9.17, 15) is 4.21 Å². The van der Waals surface area contributed by atoms with E-state index in [0.717, 1.165) is 56.8 Å². The molecule has 0 saturated carbocycles. The number of hydrogen-bond donors (Lipinski definition) is 1. The molecule has 0 aromatic carbocycles. The zero-order valence-electron chi connectivity index (χ0n) is 11.2. The molecule has 0 radical (unpaired) electrons. The van der Waals surface area contributed by atoms with Gasteiger partial charge in [-0.3, -0.25) is 4.21 Å². The van der Waals surface area contributed by atoms with Crippen LogP contribution in [0, 0.1) is 0 Å². The van der Waals surface area contributed by atoms with Crippen molar-refractivity contribution in [3.63, 3.8) is 0 Å². The Kier molecular flexibility index (Phi) is 8.06. The van der Waals surface area contributed by atoms with Gasteiger partial charge in [-0.25, -0.2) is 0 Å². The lowest BCUT2D eigenvalue weighted by molar-refractivity contribution is 0.128. The third kappa shape index (κ3) is 6.53. The van der Waals surface area contributed by atoms with E-state index in [1.165, 1.54) is 0 Å². The van der Waals surface area contributed by atoms with Crippen LogP contribution in [-0.2, 0) is 15.5 Å². The van der Waals surface area contributed by atoms with E-state index in [4.69, 9.17) is 4.74 Å². The average Bonchev–Trinajstić information content (AvgIpc) is 2.78.